The summed E-state index contributed by atoms with van der Waals surface area (Å²) in [7, 11) is 1.27. The van der Waals surface area contributed by atoms with Gasteiger partial charge in [-0.15, -0.1) is 0 Å². The standard InChI is InChI=1S/C9H11F2NO2/c1-14-7-3-2-5(10)8(9(7)11)6(12)4-13/h2-3,6,13H,4,12H2,1H3/t6-/m0/s1. The maximum atomic E-state index is 13.4. The molecule has 1 atom stereocenters. The van der Waals surface area contributed by atoms with E-state index < -0.39 is 24.3 Å². The number of rotatable bonds is 3. The Morgan fingerprint density at radius 3 is 2.64 bits per heavy atom. The first-order valence-electron chi connectivity index (χ1n) is 4.00. The van der Waals surface area contributed by atoms with Crippen molar-refractivity contribution in [2.45, 2.75) is 6.04 Å². The van der Waals surface area contributed by atoms with Gasteiger partial charge in [0, 0.05) is 5.56 Å². The molecule has 3 nitrogen and oxygen atoms in total. The van der Waals surface area contributed by atoms with Crippen molar-refractivity contribution < 1.29 is 18.6 Å². The van der Waals surface area contributed by atoms with Crippen molar-refractivity contribution in [2.24, 2.45) is 5.73 Å². The normalized spacial score (nSPS) is 12.6. The number of aliphatic hydroxyl groups is 1. The van der Waals surface area contributed by atoms with Crippen molar-refractivity contribution >= 4 is 0 Å². The number of ether oxygens (including phenoxy) is 1. The summed E-state index contributed by atoms with van der Waals surface area (Å²) in [6, 6.07) is 1.13. The number of aliphatic hydroxyl groups excluding tert-OH is 1. The first-order valence-corrected chi connectivity index (χ1v) is 4.00. The molecule has 0 unspecified atom stereocenters. The number of benzene rings is 1. The Morgan fingerprint density at radius 1 is 1.50 bits per heavy atom. The zero-order valence-electron chi connectivity index (χ0n) is 7.63. The van der Waals surface area contributed by atoms with E-state index in [0.717, 1.165) is 12.1 Å². The molecule has 0 spiro atoms. The molecule has 0 amide bonds. The Labute approximate surface area is 80.1 Å². The third-order valence-corrected chi connectivity index (χ3v) is 1.88. The van der Waals surface area contributed by atoms with Crippen molar-refractivity contribution in [2.75, 3.05) is 13.7 Å². The van der Waals surface area contributed by atoms with Gasteiger partial charge in [-0.1, -0.05) is 0 Å². The number of methoxy groups -OCH3 is 1. The van der Waals surface area contributed by atoms with E-state index in [2.05, 4.69) is 4.74 Å². The first-order chi connectivity index (χ1) is 6.61. The van der Waals surface area contributed by atoms with Crippen LogP contribution in [-0.2, 0) is 0 Å². The Hall–Kier alpha value is -1.20. The van der Waals surface area contributed by atoms with Gasteiger partial charge in [0.1, 0.15) is 5.82 Å². The highest BCUT2D eigenvalue weighted by atomic mass is 19.1. The summed E-state index contributed by atoms with van der Waals surface area (Å²) in [5.74, 6) is -1.75. The molecule has 0 aliphatic rings. The van der Waals surface area contributed by atoms with Crippen molar-refractivity contribution in [1.82, 2.24) is 0 Å². The molecule has 0 aliphatic carbocycles. The lowest BCUT2D eigenvalue weighted by Gasteiger charge is -2.12. The van der Waals surface area contributed by atoms with Crippen LogP contribution < -0.4 is 10.5 Å². The number of nitrogens with two attached hydrogens (primary N) is 1. The summed E-state index contributed by atoms with van der Waals surface area (Å²) >= 11 is 0. The fourth-order valence-electron chi connectivity index (χ4n) is 1.14. The fourth-order valence-corrected chi connectivity index (χ4v) is 1.14. The molecule has 3 N–H and O–H groups in total. The van der Waals surface area contributed by atoms with Gasteiger partial charge in [0.25, 0.3) is 0 Å². The summed E-state index contributed by atoms with van der Waals surface area (Å²) in [4.78, 5) is 0. The smallest absolute Gasteiger partial charge is 0.172 e. The van der Waals surface area contributed by atoms with Gasteiger partial charge in [0.15, 0.2) is 11.6 Å². The molecule has 0 fully saturated rings. The van der Waals surface area contributed by atoms with Crippen molar-refractivity contribution in [3.05, 3.63) is 29.3 Å². The minimum absolute atomic E-state index is 0.0923. The van der Waals surface area contributed by atoms with E-state index >= 15 is 0 Å². The van der Waals surface area contributed by atoms with Crippen LogP contribution in [0.3, 0.4) is 0 Å². The maximum absolute atomic E-state index is 13.4. The number of hydrogen-bond donors (Lipinski definition) is 2. The lowest BCUT2D eigenvalue weighted by molar-refractivity contribution is 0.260. The van der Waals surface area contributed by atoms with Crippen LogP contribution in [0.25, 0.3) is 0 Å². The van der Waals surface area contributed by atoms with Gasteiger partial charge < -0.3 is 15.6 Å². The highest BCUT2D eigenvalue weighted by Gasteiger charge is 2.19. The Bertz CT molecular complexity index is 331. The van der Waals surface area contributed by atoms with Crippen LogP contribution in [0.4, 0.5) is 8.78 Å². The lowest BCUT2D eigenvalue weighted by Crippen LogP contribution is -2.18. The lowest BCUT2D eigenvalue weighted by atomic mass is 10.1. The minimum atomic E-state index is -1.08. The predicted molar refractivity (Wildman–Crippen MR) is 46.9 cm³/mol. The van der Waals surface area contributed by atoms with E-state index in [1.54, 1.807) is 0 Å². The highest BCUT2D eigenvalue weighted by molar-refractivity contribution is 5.34. The van der Waals surface area contributed by atoms with E-state index in [1.165, 1.54) is 7.11 Å². The summed E-state index contributed by atoms with van der Waals surface area (Å²) in [5.41, 5.74) is 4.98. The molecule has 0 aromatic heterocycles. The van der Waals surface area contributed by atoms with Crippen LogP contribution in [0.2, 0.25) is 0 Å². The molecule has 0 aliphatic heterocycles. The monoisotopic (exact) mass is 203 g/mol. The second-order valence-corrected chi connectivity index (χ2v) is 2.77. The molecule has 1 aromatic carbocycles. The van der Waals surface area contributed by atoms with Gasteiger partial charge in [-0.05, 0) is 12.1 Å². The molecule has 0 bridgehead atoms. The summed E-state index contributed by atoms with van der Waals surface area (Å²) in [6.45, 7) is -0.527. The third-order valence-electron chi connectivity index (χ3n) is 1.88. The van der Waals surface area contributed by atoms with Crippen molar-refractivity contribution in [1.29, 1.82) is 0 Å². The molecule has 0 radical (unpaired) electrons. The van der Waals surface area contributed by atoms with Crippen molar-refractivity contribution in [3.8, 4) is 5.75 Å². The van der Waals surface area contributed by atoms with E-state index in [0.29, 0.717) is 0 Å². The molecule has 0 heterocycles. The molecule has 0 saturated carbocycles. The van der Waals surface area contributed by atoms with Gasteiger partial charge in [-0.2, -0.15) is 0 Å². The fraction of sp³-hybridized carbons (Fsp3) is 0.333. The van der Waals surface area contributed by atoms with Crippen LogP contribution in [-0.4, -0.2) is 18.8 Å². The van der Waals surface area contributed by atoms with Gasteiger partial charge in [-0.25, -0.2) is 8.78 Å². The second kappa shape index (κ2) is 4.34. The topological polar surface area (TPSA) is 55.5 Å². The van der Waals surface area contributed by atoms with Crippen LogP contribution in [0.5, 0.6) is 5.75 Å². The quantitative estimate of drug-likeness (QED) is 0.769. The average molecular weight is 203 g/mol. The molecule has 1 rings (SSSR count). The van der Waals surface area contributed by atoms with Gasteiger partial charge in [-0.3, -0.25) is 0 Å². The number of halogens is 2. The van der Waals surface area contributed by atoms with Crippen LogP contribution in [0, 0.1) is 11.6 Å². The second-order valence-electron chi connectivity index (χ2n) is 2.77. The summed E-state index contributed by atoms with van der Waals surface area (Å²) < 4.78 is 31.2. The molecule has 78 valence electrons. The molecular weight excluding hydrogens is 192 g/mol. The van der Waals surface area contributed by atoms with Gasteiger partial charge >= 0.3 is 0 Å². The zero-order chi connectivity index (χ0) is 10.7. The summed E-state index contributed by atoms with van der Waals surface area (Å²) in [6.07, 6.45) is 0. The zero-order valence-corrected chi connectivity index (χ0v) is 7.63. The van der Waals surface area contributed by atoms with Crippen LogP contribution in [0.15, 0.2) is 12.1 Å². The van der Waals surface area contributed by atoms with E-state index in [1.807, 2.05) is 0 Å². The van der Waals surface area contributed by atoms with Crippen LogP contribution in [0.1, 0.15) is 11.6 Å². The predicted octanol–water partition coefficient (Wildman–Crippen LogP) is 0.966. The maximum Gasteiger partial charge on any atom is 0.172 e. The number of hydrogen-bond acceptors (Lipinski definition) is 3. The molecule has 5 heteroatoms. The molecular formula is C9H11F2NO2. The van der Waals surface area contributed by atoms with E-state index in [-0.39, 0.29) is 11.3 Å². The molecule has 0 saturated heterocycles. The van der Waals surface area contributed by atoms with Gasteiger partial charge in [0.2, 0.25) is 0 Å². The Balaban J connectivity index is 3.25. The highest BCUT2D eigenvalue weighted by Crippen LogP contribution is 2.26. The summed E-state index contributed by atoms with van der Waals surface area (Å²) in [5, 5.41) is 8.70. The van der Waals surface area contributed by atoms with Crippen LogP contribution >= 0.6 is 0 Å². The minimum Gasteiger partial charge on any atom is -0.494 e. The van der Waals surface area contributed by atoms with Crippen molar-refractivity contribution in [3.63, 3.8) is 0 Å². The first kappa shape index (κ1) is 10.9. The third kappa shape index (κ3) is 1.83. The largest absolute Gasteiger partial charge is 0.494 e. The Kier molecular flexibility index (Phi) is 3.38. The van der Waals surface area contributed by atoms with E-state index in [9.17, 15) is 8.78 Å². The van der Waals surface area contributed by atoms with E-state index in [4.69, 9.17) is 10.8 Å². The Morgan fingerprint density at radius 2 is 2.14 bits per heavy atom. The SMILES string of the molecule is COc1ccc(F)c([C@@H](N)CO)c1F. The average Bonchev–Trinajstić information content (AvgIpc) is 2.18. The van der Waals surface area contributed by atoms with Gasteiger partial charge in [0.05, 0.1) is 19.8 Å². The molecule has 1 aromatic rings. The molecule has 14 heavy (non-hydrogen) atoms.